The number of amides is 1. The highest BCUT2D eigenvalue weighted by Gasteiger charge is 2.28. The highest BCUT2D eigenvalue weighted by Crippen LogP contribution is 2.32. The summed E-state index contributed by atoms with van der Waals surface area (Å²) in [6.45, 7) is 12.6. The van der Waals surface area contributed by atoms with E-state index in [9.17, 15) is 4.79 Å². The average molecular weight is 495 g/mol. The van der Waals surface area contributed by atoms with Gasteiger partial charge in [-0.15, -0.1) is 0 Å². The summed E-state index contributed by atoms with van der Waals surface area (Å²) >= 11 is 0. The second kappa shape index (κ2) is 10.2. The molecule has 3 aromatic heterocycles. The lowest BCUT2D eigenvalue weighted by Gasteiger charge is -2.35. The molecular weight excluding hydrogens is 460 g/mol. The first-order valence-corrected chi connectivity index (χ1v) is 12.7. The maximum Gasteiger partial charge on any atom is 0.222 e. The van der Waals surface area contributed by atoms with Crippen LogP contribution in [0.1, 0.15) is 27.2 Å². The van der Waals surface area contributed by atoms with Crippen molar-refractivity contribution >= 4 is 34.8 Å². The third-order valence-corrected chi connectivity index (χ3v) is 6.56. The Morgan fingerprint density at radius 2 is 1.69 bits per heavy atom. The molecular formula is C24H34N10O2. The molecule has 0 spiro atoms. The van der Waals surface area contributed by atoms with E-state index in [-0.39, 0.29) is 11.9 Å². The summed E-state index contributed by atoms with van der Waals surface area (Å²) in [4.78, 5) is 42.0. The number of hydrogen-bond acceptors (Lipinski definition) is 10. The lowest BCUT2D eigenvalue weighted by atomic mass is 10.2. The molecule has 5 heterocycles. The van der Waals surface area contributed by atoms with Gasteiger partial charge in [0.05, 0.1) is 18.8 Å². The number of nitrogens with two attached hydrogens (primary N) is 1. The van der Waals surface area contributed by atoms with Gasteiger partial charge < -0.3 is 25.2 Å². The number of hydrogen-bond donors (Lipinski definition) is 1. The molecule has 0 radical (unpaired) electrons. The lowest BCUT2D eigenvalue weighted by molar-refractivity contribution is -0.131. The second-order valence-corrected chi connectivity index (χ2v) is 9.61. The monoisotopic (exact) mass is 494 g/mol. The molecule has 12 heteroatoms. The fourth-order valence-corrected chi connectivity index (χ4v) is 4.71. The number of rotatable bonds is 6. The van der Waals surface area contributed by atoms with Crippen molar-refractivity contribution < 1.29 is 9.53 Å². The van der Waals surface area contributed by atoms with Gasteiger partial charge in [0.25, 0.3) is 0 Å². The van der Waals surface area contributed by atoms with Crippen molar-refractivity contribution in [2.24, 2.45) is 5.92 Å². The van der Waals surface area contributed by atoms with Crippen LogP contribution in [0, 0.1) is 5.92 Å². The van der Waals surface area contributed by atoms with Crippen LogP contribution in [0.5, 0.6) is 0 Å². The minimum Gasteiger partial charge on any atom is -0.378 e. The number of morpholine rings is 1. The van der Waals surface area contributed by atoms with Gasteiger partial charge in [-0.25, -0.2) is 24.9 Å². The Bertz CT molecular complexity index is 1210. The van der Waals surface area contributed by atoms with E-state index in [0.717, 1.165) is 55.7 Å². The van der Waals surface area contributed by atoms with Gasteiger partial charge in [-0.2, -0.15) is 0 Å². The normalized spacial score (nSPS) is 16.8. The molecule has 36 heavy (non-hydrogen) atoms. The third-order valence-electron chi connectivity index (χ3n) is 6.56. The smallest absolute Gasteiger partial charge is 0.222 e. The second-order valence-electron chi connectivity index (χ2n) is 9.61. The fourth-order valence-electron chi connectivity index (χ4n) is 4.71. The highest BCUT2D eigenvalue weighted by molar-refractivity contribution is 5.88. The van der Waals surface area contributed by atoms with Crippen LogP contribution in [-0.2, 0) is 16.1 Å². The molecule has 1 amide bonds. The zero-order valence-corrected chi connectivity index (χ0v) is 21.2. The third kappa shape index (κ3) is 4.77. The molecule has 5 rings (SSSR count). The van der Waals surface area contributed by atoms with Crippen LogP contribution in [0.25, 0.3) is 22.6 Å². The van der Waals surface area contributed by atoms with Crippen molar-refractivity contribution in [3.63, 3.8) is 0 Å². The maximum atomic E-state index is 12.2. The van der Waals surface area contributed by atoms with Gasteiger partial charge in [0.15, 0.2) is 22.8 Å². The van der Waals surface area contributed by atoms with Gasteiger partial charge in [0, 0.05) is 64.6 Å². The van der Waals surface area contributed by atoms with Crippen LogP contribution in [0.15, 0.2) is 12.4 Å². The Labute approximate surface area is 210 Å². The Morgan fingerprint density at radius 3 is 2.33 bits per heavy atom. The fraction of sp³-hybridized carbons (Fsp3) is 0.583. The van der Waals surface area contributed by atoms with Crippen LogP contribution in [0.2, 0.25) is 0 Å². The van der Waals surface area contributed by atoms with Crippen LogP contribution >= 0.6 is 0 Å². The van der Waals surface area contributed by atoms with E-state index >= 15 is 0 Å². The predicted molar refractivity (Wildman–Crippen MR) is 138 cm³/mol. The first-order valence-electron chi connectivity index (χ1n) is 12.7. The van der Waals surface area contributed by atoms with Crippen molar-refractivity contribution in [2.45, 2.75) is 33.7 Å². The highest BCUT2D eigenvalue weighted by atomic mass is 16.5. The first kappa shape index (κ1) is 24.2. The van der Waals surface area contributed by atoms with Gasteiger partial charge in [-0.1, -0.05) is 20.8 Å². The van der Waals surface area contributed by atoms with Gasteiger partial charge in [-0.05, 0) is 5.92 Å². The minimum absolute atomic E-state index is 0.196. The van der Waals surface area contributed by atoms with Crippen LogP contribution < -0.4 is 15.5 Å². The van der Waals surface area contributed by atoms with Crippen LogP contribution in [-0.4, -0.2) is 92.8 Å². The first-order chi connectivity index (χ1) is 17.4. The molecule has 2 fully saturated rings. The molecule has 0 saturated carbocycles. The number of aromatic nitrogens is 6. The molecule has 0 unspecified atom stereocenters. The van der Waals surface area contributed by atoms with Gasteiger partial charge in [0.1, 0.15) is 0 Å². The van der Waals surface area contributed by atoms with E-state index in [0.29, 0.717) is 50.0 Å². The van der Waals surface area contributed by atoms with E-state index in [1.807, 2.05) is 11.8 Å². The molecule has 2 N–H and O–H groups in total. The molecule has 2 aliphatic heterocycles. The van der Waals surface area contributed by atoms with Crippen molar-refractivity contribution in [1.82, 2.24) is 34.4 Å². The summed E-state index contributed by atoms with van der Waals surface area (Å²) in [5.41, 5.74) is 7.98. The summed E-state index contributed by atoms with van der Waals surface area (Å²) in [5, 5.41) is 0. The number of ether oxygens (including phenoxy) is 1. The Morgan fingerprint density at radius 1 is 1.00 bits per heavy atom. The zero-order valence-electron chi connectivity index (χ0n) is 21.2. The number of imidazole rings is 1. The largest absolute Gasteiger partial charge is 0.378 e. The molecule has 2 aliphatic rings. The van der Waals surface area contributed by atoms with Crippen molar-refractivity contribution in [3.05, 3.63) is 12.4 Å². The van der Waals surface area contributed by atoms with Crippen molar-refractivity contribution in [1.29, 1.82) is 0 Å². The van der Waals surface area contributed by atoms with Crippen molar-refractivity contribution in [2.75, 3.05) is 68.0 Å². The number of anilines is 3. The summed E-state index contributed by atoms with van der Waals surface area (Å²) in [6.07, 6.45) is 3.84. The minimum atomic E-state index is 0.196. The van der Waals surface area contributed by atoms with E-state index in [2.05, 4.69) is 38.2 Å². The van der Waals surface area contributed by atoms with Gasteiger partial charge in [0.2, 0.25) is 17.8 Å². The number of fused-ring (bicyclic) bond motifs is 1. The van der Waals surface area contributed by atoms with Crippen molar-refractivity contribution in [3.8, 4) is 11.4 Å². The molecule has 0 aliphatic carbocycles. The molecule has 3 aromatic rings. The number of carbonyl (C=O) groups is 1. The molecule has 0 bridgehead atoms. The number of piperazine rings is 1. The molecule has 192 valence electrons. The van der Waals surface area contributed by atoms with Crippen LogP contribution in [0.3, 0.4) is 0 Å². The van der Waals surface area contributed by atoms with E-state index in [1.165, 1.54) is 0 Å². The Hall–Kier alpha value is -3.54. The SMILES string of the molecule is CCC(=O)N1CCN(c2nc3c(N4CCOCC4)nc(-c4cnc(N)nc4)nc3n2CC(C)C)CC1. The summed E-state index contributed by atoms with van der Waals surface area (Å²) in [5.74, 6) is 2.99. The van der Waals surface area contributed by atoms with Gasteiger partial charge in [-0.3, -0.25) is 9.36 Å². The zero-order chi connectivity index (χ0) is 25.2. The lowest BCUT2D eigenvalue weighted by Crippen LogP contribution is -2.49. The quantitative estimate of drug-likeness (QED) is 0.536. The van der Waals surface area contributed by atoms with Gasteiger partial charge >= 0.3 is 0 Å². The Kier molecular flexibility index (Phi) is 6.86. The number of carbonyl (C=O) groups excluding carboxylic acids is 1. The molecule has 0 aromatic carbocycles. The Balaban J connectivity index is 1.62. The average Bonchev–Trinajstić information content (AvgIpc) is 3.26. The van der Waals surface area contributed by atoms with Crippen LogP contribution in [0.4, 0.5) is 17.7 Å². The number of nitrogen functional groups attached to an aromatic ring is 1. The predicted octanol–water partition coefficient (Wildman–Crippen LogP) is 1.42. The molecule has 2 saturated heterocycles. The van der Waals surface area contributed by atoms with E-state index < -0.39 is 0 Å². The van der Waals surface area contributed by atoms with E-state index in [1.54, 1.807) is 12.4 Å². The summed E-state index contributed by atoms with van der Waals surface area (Å²) < 4.78 is 7.79. The standard InChI is InChI=1S/C24H34N10O2/c1-4-18(35)31-5-7-33(8-6-31)24-28-19-21(32-9-11-36-12-10-32)29-20(17-13-26-23(25)27-14-17)30-22(19)34(24)15-16(2)3/h13-14,16H,4-12,15H2,1-3H3,(H2,25,26,27). The van der Waals surface area contributed by atoms with E-state index in [4.69, 9.17) is 25.4 Å². The molecule has 0 atom stereocenters. The topological polar surface area (TPSA) is 131 Å². The maximum absolute atomic E-state index is 12.2. The molecule has 12 nitrogen and oxygen atoms in total. The summed E-state index contributed by atoms with van der Waals surface area (Å²) in [6, 6.07) is 0. The number of nitrogens with zero attached hydrogens (tertiary/aromatic N) is 9. The summed E-state index contributed by atoms with van der Waals surface area (Å²) in [7, 11) is 0.